The number of nitrogens with zero attached hydrogens (tertiary/aromatic N) is 4. The zero-order valence-corrected chi connectivity index (χ0v) is 21.3. The molecule has 184 valence electrons. The van der Waals surface area contributed by atoms with Crippen molar-refractivity contribution in [2.45, 2.75) is 31.1 Å². The summed E-state index contributed by atoms with van der Waals surface area (Å²) < 4.78 is 22.3. The number of aryl methyl sites for hydroxylation is 1. The zero-order chi connectivity index (χ0) is 27.1. The largest absolute Gasteiger partial charge is 0.489 e. The van der Waals surface area contributed by atoms with Crippen molar-refractivity contribution in [1.82, 2.24) is 14.8 Å². The first-order valence-electron chi connectivity index (χ1n) is 11.4. The topological polar surface area (TPSA) is 111 Å². The number of nitrogens with two attached hydrogens (primary N) is 1. The number of hydrogen-bond acceptors (Lipinski definition) is 7. The maximum absolute atomic E-state index is 14.5. The molecular formula is C24H23B3ClFN6O2. The van der Waals surface area contributed by atoms with Gasteiger partial charge < -0.3 is 20.9 Å². The highest BCUT2D eigenvalue weighted by atomic mass is 35.5. The molecule has 13 heteroatoms. The predicted molar refractivity (Wildman–Crippen MR) is 146 cm³/mol. The Kier molecular flexibility index (Phi) is 7.18. The number of allylic oxidation sites excluding steroid dienone is 1. The van der Waals surface area contributed by atoms with Gasteiger partial charge in [-0.25, -0.2) is 9.37 Å². The summed E-state index contributed by atoms with van der Waals surface area (Å²) in [6.07, 6.45) is 2.95. The second-order valence-corrected chi connectivity index (χ2v) is 9.08. The van der Waals surface area contributed by atoms with Crippen LogP contribution in [-0.4, -0.2) is 63.4 Å². The zero-order valence-electron chi connectivity index (χ0n) is 20.6. The van der Waals surface area contributed by atoms with Crippen molar-refractivity contribution in [2.24, 2.45) is 10.7 Å². The first-order chi connectivity index (χ1) is 17.5. The van der Waals surface area contributed by atoms with Crippen molar-refractivity contribution in [3.8, 4) is 17.0 Å². The van der Waals surface area contributed by atoms with Gasteiger partial charge in [-0.3, -0.25) is 9.67 Å². The summed E-state index contributed by atoms with van der Waals surface area (Å²) in [6, 6.07) is 5.54. The van der Waals surface area contributed by atoms with Gasteiger partial charge in [0.05, 0.1) is 26.9 Å². The molecule has 6 radical (unpaired) electrons. The van der Waals surface area contributed by atoms with Gasteiger partial charge >= 0.3 is 0 Å². The van der Waals surface area contributed by atoms with Gasteiger partial charge in [0, 0.05) is 48.4 Å². The van der Waals surface area contributed by atoms with Gasteiger partial charge in [0.25, 0.3) is 0 Å². The summed E-state index contributed by atoms with van der Waals surface area (Å²) >= 11 is 6.62. The number of ether oxygens (including phenoxy) is 1. The highest BCUT2D eigenvalue weighted by Crippen LogP contribution is 2.44. The lowest BCUT2D eigenvalue weighted by molar-refractivity contribution is 0.178. The van der Waals surface area contributed by atoms with E-state index in [9.17, 15) is 9.50 Å². The van der Waals surface area contributed by atoms with Crippen LogP contribution in [0.2, 0.25) is 5.15 Å². The highest BCUT2D eigenvalue weighted by molar-refractivity contribution is 6.47. The number of benzene rings is 1. The average Bonchev–Trinajstić information content (AvgIpc) is 3.19. The van der Waals surface area contributed by atoms with Gasteiger partial charge in [-0.05, 0) is 54.5 Å². The number of aliphatic hydroxyl groups excluding tert-OH is 1. The fourth-order valence-electron chi connectivity index (χ4n) is 4.43. The number of rotatable bonds is 4. The van der Waals surface area contributed by atoms with Gasteiger partial charge in [0.2, 0.25) is 0 Å². The molecule has 1 aromatic carbocycles. The van der Waals surface area contributed by atoms with Crippen LogP contribution in [-0.2, 0) is 17.3 Å². The van der Waals surface area contributed by atoms with Crippen molar-refractivity contribution >= 4 is 52.9 Å². The van der Waals surface area contributed by atoms with Crippen molar-refractivity contribution in [3.05, 3.63) is 63.7 Å². The van der Waals surface area contributed by atoms with Gasteiger partial charge in [-0.15, -0.1) is 0 Å². The third kappa shape index (κ3) is 4.64. The minimum Gasteiger partial charge on any atom is -0.489 e. The fourth-order valence-corrected chi connectivity index (χ4v) is 4.77. The van der Waals surface area contributed by atoms with Crippen molar-refractivity contribution in [3.63, 3.8) is 0 Å². The molecule has 0 saturated carbocycles. The Bertz CT molecular complexity index is 1420. The van der Waals surface area contributed by atoms with Crippen LogP contribution in [0, 0.1) is 5.82 Å². The quantitative estimate of drug-likeness (QED) is 0.280. The lowest BCUT2D eigenvalue weighted by Crippen LogP contribution is -2.36. The molecule has 4 rings (SSSR count). The number of nitrogens with one attached hydrogen (secondary N) is 1. The maximum Gasteiger partial charge on any atom is 0.170 e. The Hall–Kier alpha value is -3.24. The summed E-state index contributed by atoms with van der Waals surface area (Å²) in [6.45, 7) is 3.42. The Morgan fingerprint density at radius 1 is 1.32 bits per heavy atom. The minimum atomic E-state index is -1.80. The Morgan fingerprint density at radius 2 is 2.05 bits per heavy atom. The Morgan fingerprint density at radius 3 is 2.70 bits per heavy atom. The second-order valence-electron chi connectivity index (χ2n) is 8.72. The molecule has 1 aliphatic rings. The maximum atomic E-state index is 14.5. The first kappa shape index (κ1) is 26.8. The second kappa shape index (κ2) is 9.91. The molecule has 0 fully saturated rings. The van der Waals surface area contributed by atoms with Gasteiger partial charge in [0.15, 0.2) is 16.7 Å². The molecule has 0 unspecified atom stereocenters. The molecule has 0 amide bonds. The average molecular weight is 514 g/mol. The van der Waals surface area contributed by atoms with Crippen LogP contribution < -0.4 is 15.8 Å². The smallest absolute Gasteiger partial charge is 0.170 e. The molecule has 0 saturated heterocycles. The first-order valence-corrected chi connectivity index (χ1v) is 11.7. The number of aromatic nitrogens is 3. The molecule has 37 heavy (non-hydrogen) atoms. The van der Waals surface area contributed by atoms with Gasteiger partial charge in [-0.1, -0.05) is 11.6 Å². The molecule has 3 aromatic rings. The standard InChI is InChI=1S/C24H23B3ClFN6O2/c1-4-35-20-12-7-17(22(32-9-12)33-11-36)37-23(2,25)15-8-13(29)5-6-14(15)19(30)16(10-31-3)24(26,27)18(20)21(28)34-35/h5-10,36H,4,11,30H2,1-3H3,(H,32,33)/b19-16+,31-10?/t23-/m1/s1. The van der Waals surface area contributed by atoms with E-state index in [1.165, 1.54) is 37.7 Å². The lowest BCUT2D eigenvalue weighted by atomic mass is 9.47. The third-order valence-electron chi connectivity index (χ3n) is 6.12. The van der Waals surface area contributed by atoms with Crippen molar-refractivity contribution < 1.29 is 14.2 Å². The fraction of sp³-hybridized carbons (Fsp3) is 0.292. The summed E-state index contributed by atoms with van der Waals surface area (Å²) in [4.78, 5) is 8.52. The van der Waals surface area contributed by atoms with E-state index in [0.717, 1.165) is 0 Å². The van der Waals surface area contributed by atoms with E-state index >= 15 is 0 Å². The van der Waals surface area contributed by atoms with Gasteiger partial charge in [0.1, 0.15) is 20.4 Å². The third-order valence-corrected chi connectivity index (χ3v) is 6.38. The molecule has 2 bridgehead atoms. The predicted octanol–water partition coefficient (Wildman–Crippen LogP) is 2.41. The molecule has 1 aliphatic heterocycles. The number of pyridine rings is 1. The van der Waals surface area contributed by atoms with E-state index in [0.29, 0.717) is 23.4 Å². The van der Waals surface area contributed by atoms with E-state index in [1.54, 1.807) is 17.7 Å². The molecule has 0 spiro atoms. The monoisotopic (exact) mass is 514 g/mol. The van der Waals surface area contributed by atoms with Crippen LogP contribution in [0.5, 0.6) is 5.75 Å². The normalized spacial score (nSPS) is 20.9. The summed E-state index contributed by atoms with van der Waals surface area (Å²) in [5.41, 5.74) is 7.10. The van der Waals surface area contributed by atoms with Gasteiger partial charge in [-0.2, -0.15) is 5.10 Å². The van der Waals surface area contributed by atoms with Crippen LogP contribution in [0.15, 0.2) is 41.0 Å². The van der Waals surface area contributed by atoms with E-state index in [-0.39, 0.29) is 39.1 Å². The number of aliphatic hydroxyl groups is 1. The molecule has 8 nitrogen and oxygen atoms in total. The highest BCUT2D eigenvalue weighted by Gasteiger charge is 2.37. The number of aliphatic imine (C=N–C) groups is 1. The molecule has 3 heterocycles. The van der Waals surface area contributed by atoms with Crippen LogP contribution in [0.1, 0.15) is 30.5 Å². The van der Waals surface area contributed by atoms with E-state index in [1.807, 2.05) is 6.92 Å². The molecule has 2 aromatic heterocycles. The van der Waals surface area contributed by atoms with E-state index in [2.05, 4.69) is 20.4 Å². The Labute approximate surface area is 223 Å². The number of hydrogen-bond donors (Lipinski definition) is 3. The number of fused-ring (bicyclic) bond motifs is 5. The van der Waals surface area contributed by atoms with Crippen LogP contribution in [0.25, 0.3) is 17.0 Å². The number of anilines is 1. The minimum absolute atomic E-state index is 0.0525. The molecule has 0 aliphatic carbocycles. The van der Waals surface area contributed by atoms with Crippen LogP contribution in [0.4, 0.5) is 10.2 Å². The van der Waals surface area contributed by atoms with Crippen LogP contribution >= 0.6 is 11.6 Å². The SMILES string of the molecule is [B]C1([B])/C(C=NC)=C(/N)c2ccc(F)cc2[C@@]([B])(C)Oc2cc(cnc2NCO)-c2c1c(Cl)nn2CC. The van der Waals surface area contributed by atoms with Crippen molar-refractivity contribution in [1.29, 1.82) is 0 Å². The molecule has 1 atom stereocenters. The van der Waals surface area contributed by atoms with E-state index in [4.69, 9.17) is 45.6 Å². The lowest BCUT2D eigenvalue weighted by Gasteiger charge is -2.34. The van der Waals surface area contributed by atoms with Crippen LogP contribution in [0.3, 0.4) is 0 Å². The summed E-state index contributed by atoms with van der Waals surface area (Å²) in [5, 5.41) is 14.9. The molecular weight excluding hydrogens is 491 g/mol. The summed E-state index contributed by atoms with van der Waals surface area (Å²) in [5.74, 6) is -0.204. The summed E-state index contributed by atoms with van der Waals surface area (Å²) in [7, 11) is 21.8. The Balaban J connectivity index is 2.20. The molecule has 4 N–H and O–H groups in total. The van der Waals surface area contributed by atoms with E-state index < -0.39 is 23.3 Å². The number of halogens is 2. The van der Waals surface area contributed by atoms with Crippen molar-refractivity contribution in [2.75, 3.05) is 19.1 Å².